The van der Waals surface area contributed by atoms with Crippen LogP contribution in [0.3, 0.4) is 0 Å². The van der Waals surface area contributed by atoms with Crippen molar-refractivity contribution in [3.63, 3.8) is 0 Å². The van der Waals surface area contributed by atoms with E-state index >= 15 is 0 Å². The van der Waals surface area contributed by atoms with Crippen LogP contribution in [-0.4, -0.2) is 17.1 Å². The first-order valence-corrected chi connectivity index (χ1v) is 7.81. The summed E-state index contributed by atoms with van der Waals surface area (Å²) in [6.07, 6.45) is 1.33. The molecule has 0 bridgehead atoms. The van der Waals surface area contributed by atoms with Gasteiger partial charge in [-0.1, -0.05) is 11.6 Å². The fourth-order valence-electron chi connectivity index (χ4n) is 2.07. The van der Waals surface area contributed by atoms with Gasteiger partial charge in [0.1, 0.15) is 23.6 Å². The molecule has 0 radical (unpaired) electrons. The zero-order valence-corrected chi connectivity index (χ0v) is 14.4. The molecule has 0 saturated carbocycles. The molecule has 0 fully saturated rings. The average molecular weight is 358 g/mol. The molecule has 0 amide bonds. The highest BCUT2D eigenvalue weighted by atomic mass is 35.5. The number of halogens is 1. The van der Waals surface area contributed by atoms with Gasteiger partial charge in [-0.2, -0.15) is 9.97 Å². The normalized spacial score (nSPS) is 10.4. The van der Waals surface area contributed by atoms with Crippen LogP contribution in [0.4, 0.5) is 5.69 Å². The van der Waals surface area contributed by atoms with Gasteiger partial charge in [-0.25, -0.2) is 0 Å². The van der Waals surface area contributed by atoms with Gasteiger partial charge in [-0.15, -0.1) is 0 Å². The van der Waals surface area contributed by atoms with Crippen LogP contribution in [0.25, 0.3) is 0 Å². The van der Waals surface area contributed by atoms with E-state index in [1.807, 2.05) is 6.92 Å². The molecule has 7 heteroatoms. The molecular formula is C18H16ClN3O3. The van der Waals surface area contributed by atoms with E-state index in [9.17, 15) is 0 Å². The summed E-state index contributed by atoms with van der Waals surface area (Å²) in [4.78, 5) is 8.12. The van der Waals surface area contributed by atoms with Gasteiger partial charge in [-0.05, 0) is 55.0 Å². The molecule has 25 heavy (non-hydrogen) atoms. The van der Waals surface area contributed by atoms with Crippen molar-refractivity contribution in [2.75, 3.05) is 12.8 Å². The van der Waals surface area contributed by atoms with Gasteiger partial charge in [0.2, 0.25) is 11.8 Å². The maximum Gasteiger partial charge on any atom is 0.249 e. The number of methoxy groups -OCH3 is 1. The number of hydrogen-bond acceptors (Lipinski definition) is 6. The lowest BCUT2D eigenvalue weighted by Gasteiger charge is -2.11. The maximum absolute atomic E-state index is 6.08. The zero-order chi connectivity index (χ0) is 17.8. The Labute approximate surface area is 150 Å². The van der Waals surface area contributed by atoms with E-state index in [0.717, 1.165) is 11.3 Å². The Morgan fingerprint density at radius 1 is 0.880 bits per heavy atom. The molecule has 0 atom stereocenters. The monoisotopic (exact) mass is 357 g/mol. The van der Waals surface area contributed by atoms with Crippen molar-refractivity contribution in [1.82, 2.24) is 9.97 Å². The quantitative estimate of drug-likeness (QED) is 0.718. The van der Waals surface area contributed by atoms with Crippen molar-refractivity contribution in [2.24, 2.45) is 0 Å². The lowest BCUT2D eigenvalue weighted by Crippen LogP contribution is -2.00. The molecule has 0 spiro atoms. The summed E-state index contributed by atoms with van der Waals surface area (Å²) in [5.74, 6) is 2.29. The molecular weight excluding hydrogens is 342 g/mol. The molecule has 3 aromatic rings. The molecule has 0 saturated heterocycles. The molecule has 3 rings (SSSR count). The van der Waals surface area contributed by atoms with E-state index in [2.05, 4.69) is 9.97 Å². The summed E-state index contributed by atoms with van der Waals surface area (Å²) in [6.45, 7) is 1.89. The first-order valence-electron chi connectivity index (χ1n) is 7.43. The van der Waals surface area contributed by atoms with Crippen LogP contribution in [0.15, 0.2) is 48.8 Å². The standard InChI is InChI=1S/C18H16ClN3O3/c1-11-9-14(7-8-15(11)19)25-18-16(20)17(21-10-22-18)24-13-5-3-12(23-2)4-6-13/h3-10H,20H2,1-2H3. The van der Waals surface area contributed by atoms with Crippen LogP contribution >= 0.6 is 11.6 Å². The van der Waals surface area contributed by atoms with Crippen LogP contribution in [0.5, 0.6) is 29.0 Å². The number of hydrogen-bond donors (Lipinski definition) is 1. The highest BCUT2D eigenvalue weighted by molar-refractivity contribution is 6.31. The van der Waals surface area contributed by atoms with Crippen LogP contribution in [-0.2, 0) is 0 Å². The Kier molecular flexibility index (Phi) is 4.90. The highest BCUT2D eigenvalue weighted by Crippen LogP contribution is 2.34. The number of nitrogens with zero attached hydrogens (tertiary/aromatic N) is 2. The van der Waals surface area contributed by atoms with Crippen LogP contribution in [0.1, 0.15) is 5.56 Å². The van der Waals surface area contributed by atoms with Crippen LogP contribution < -0.4 is 19.9 Å². The number of aryl methyl sites for hydroxylation is 1. The van der Waals surface area contributed by atoms with Gasteiger partial charge in [-0.3, -0.25) is 0 Å². The highest BCUT2D eigenvalue weighted by Gasteiger charge is 2.13. The molecule has 0 unspecified atom stereocenters. The van der Waals surface area contributed by atoms with E-state index in [1.54, 1.807) is 49.6 Å². The Balaban J connectivity index is 1.82. The average Bonchev–Trinajstić information content (AvgIpc) is 2.62. The smallest absolute Gasteiger partial charge is 0.249 e. The van der Waals surface area contributed by atoms with E-state index in [1.165, 1.54) is 6.33 Å². The van der Waals surface area contributed by atoms with Gasteiger partial charge >= 0.3 is 0 Å². The molecule has 0 aliphatic heterocycles. The second kappa shape index (κ2) is 7.27. The lowest BCUT2D eigenvalue weighted by atomic mass is 10.2. The molecule has 0 aliphatic carbocycles. The summed E-state index contributed by atoms with van der Waals surface area (Å²) in [6, 6.07) is 12.3. The third kappa shape index (κ3) is 3.92. The van der Waals surface area contributed by atoms with Crippen LogP contribution in [0.2, 0.25) is 5.02 Å². The molecule has 0 aliphatic rings. The molecule has 1 heterocycles. The van der Waals surface area contributed by atoms with E-state index < -0.39 is 0 Å². The van der Waals surface area contributed by atoms with Crippen molar-refractivity contribution in [3.05, 3.63) is 59.4 Å². The Hall–Kier alpha value is -2.99. The first-order chi connectivity index (χ1) is 12.1. The van der Waals surface area contributed by atoms with Gasteiger partial charge in [0.25, 0.3) is 0 Å². The predicted molar refractivity (Wildman–Crippen MR) is 95.8 cm³/mol. The number of benzene rings is 2. The molecule has 128 valence electrons. The van der Waals surface area contributed by atoms with Crippen LogP contribution in [0, 0.1) is 6.92 Å². The van der Waals surface area contributed by atoms with E-state index in [4.69, 9.17) is 31.5 Å². The first kappa shape index (κ1) is 16.9. The molecule has 1 aromatic heterocycles. The number of nitrogen functional groups attached to an aromatic ring is 1. The van der Waals surface area contributed by atoms with E-state index in [-0.39, 0.29) is 17.4 Å². The minimum atomic E-state index is 0.200. The summed E-state index contributed by atoms with van der Waals surface area (Å²) in [7, 11) is 1.60. The van der Waals surface area contributed by atoms with Gasteiger partial charge in [0.05, 0.1) is 7.11 Å². The third-order valence-corrected chi connectivity index (χ3v) is 3.85. The van der Waals surface area contributed by atoms with Crippen molar-refractivity contribution in [1.29, 1.82) is 0 Å². The number of aromatic nitrogens is 2. The van der Waals surface area contributed by atoms with E-state index in [0.29, 0.717) is 16.5 Å². The Bertz CT molecular complexity index is 885. The summed E-state index contributed by atoms with van der Waals surface area (Å²) in [5, 5.41) is 0.659. The summed E-state index contributed by atoms with van der Waals surface area (Å²) < 4.78 is 16.5. The molecule has 6 nitrogen and oxygen atoms in total. The molecule has 2 aromatic carbocycles. The van der Waals surface area contributed by atoms with Crippen molar-refractivity contribution in [3.8, 4) is 29.0 Å². The minimum absolute atomic E-state index is 0.200. The SMILES string of the molecule is COc1ccc(Oc2ncnc(Oc3ccc(Cl)c(C)c3)c2N)cc1. The largest absolute Gasteiger partial charge is 0.497 e. The minimum Gasteiger partial charge on any atom is -0.497 e. The fraction of sp³-hybridized carbons (Fsp3) is 0.111. The second-order valence-corrected chi connectivity index (χ2v) is 5.60. The number of rotatable bonds is 5. The summed E-state index contributed by atoms with van der Waals surface area (Å²) in [5.41, 5.74) is 7.17. The predicted octanol–water partition coefficient (Wildman–Crippen LogP) is 4.61. The van der Waals surface area contributed by atoms with Gasteiger partial charge in [0, 0.05) is 5.02 Å². The number of ether oxygens (including phenoxy) is 3. The second-order valence-electron chi connectivity index (χ2n) is 5.19. The Morgan fingerprint density at radius 3 is 2.04 bits per heavy atom. The van der Waals surface area contributed by atoms with Gasteiger partial charge in [0.15, 0.2) is 5.69 Å². The Morgan fingerprint density at radius 2 is 1.44 bits per heavy atom. The zero-order valence-electron chi connectivity index (χ0n) is 13.7. The number of anilines is 1. The summed E-state index contributed by atoms with van der Waals surface area (Å²) >= 11 is 6.02. The third-order valence-electron chi connectivity index (χ3n) is 3.43. The van der Waals surface area contributed by atoms with Gasteiger partial charge < -0.3 is 19.9 Å². The molecule has 2 N–H and O–H groups in total. The number of nitrogens with two attached hydrogens (primary N) is 1. The topological polar surface area (TPSA) is 79.5 Å². The van der Waals surface area contributed by atoms with Crippen molar-refractivity contribution in [2.45, 2.75) is 6.92 Å². The fourth-order valence-corrected chi connectivity index (χ4v) is 2.19. The maximum atomic E-state index is 6.08. The van der Waals surface area contributed by atoms with Crippen molar-refractivity contribution >= 4 is 17.3 Å². The van der Waals surface area contributed by atoms with Crippen molar-refractivity contribution < 1.29 is 14.2 Å². The lowest BCUT2D eigenvalue weighted by molar-refractivity contribution is 0.411.